The van der Waals surface area contributed by atoms with Crippen LogP contribution < -0.4 is 4.72 Å². The molecule has 4 nitrogen and oxygen atoms in total. The van der Waals surface area contributed by atoms with Crippen LogP contribution in [-0.4, -0.2) is 8.42 Å². The molecule has 110 valence electrons. The van der Waals surface area contributed by atoms with Crippen molar-refractivity contribution in [3.05, 3.63) is 57.3 Å². The number of thiophene rings is 1. The van der Waals surface area contributed by atoms with Gasteiger partial charge in [0.25, 0.3) is 0 Å². The van der Waals surface area contributed by atoms with E-state index in [1.165, 1.54) is 0 Å². The van der Waals surface area contributed by atoms with E-state index in [1.807, 2.05) is 32.0 Å². The Hall–Kier alpha value is -1.68. The fourth-order valence-corrected chi connectivity index (χ4v) is 4.28. The number of benzene rings is 1. The number of aryl methyl sites for hydroxylation is 1. The molecule has 0 fully saturated rings. The first kappa shape index (κ1) is 15.7. The molecule has 0 bridgehead atoms. The molecule has 0 aliphatic carbocycles. The lowest BCUT2D eigenvalue weighted by Crippen LogP contribution is -2.27. The molecule has 1 N–H and O–H groups in total. The molecule has 0 spiro atoms. The Morgan fingerprint density at radius 2 is 1.90 bits per heavy atom. The van der Waals surface area contributed by atoms with Gasteiger partial charge in [-0.15, -0.1) is 11.3 Å². The van der Waals surface area contributed by atoms with Gasteiger partial charge in [0.15, 0.2) is 0 Å². The zero-order valence-corrected chi connectivity index (χ0v) is 13.5. The molecule has 0 aliphatic rings. The molecular weight excluding hydrogens is 304 g/mol. The highest BCUT2D eigenvalue weighted by Gasteiger charge is 2.17. The first-order valence-corrected chi connectivity index (χ1v) is 8.92. The Kier molecular flexibility index (Phi) is 4.78. The van der Waals surface area contributed by atoms with Crippen LogP contribution in [-0.2, 0) is 15.8 Å². The number of nitrogens with one attached hydrogen (secondary N) is 1. The Morgan fingerprint density at radius 3 is 2.43 bits per heavy atom. The van der Waals surface area contributed by atoms with Crippen molar-refractivity contribution in [3.63, 3.8) is 0 Å². The van der Waals surface area contributed by atoms with E-state index < -0.39 is 10.0 Å². The monoisotopic (exact) mass is 320 g/mol. The molecule has 0 amide bonds. The van der Waals surface area contributed by atoms with E-state index in [0.29, 0.717) is 11.1 Å². The average molecular weight is 320 g/mol. The Balaban J connectivity index is 2.06. The van der Waals surface area contributed by atoms with Crippen molar-refractivity contribution in [3.8, 4) is 6.07 Å². The van der Waals surface area contributed by atoms with E-state index in [9.17, 15) is 8.42 Å². The number of nitriles is 1. The molecule has 6 heteroatoms. The number of nitrogens with zero attached hydrogens (tertiary/aromatic N) is 1. The fraction of sp³-hybridized carbons (Fsp3) is 0.267. The molecule has 1 heterocycles. The third-order valence-corrected chi connectivity index (χ3v) is 5.59. The summed E-state index contributed by atoms with van der Waals surface area (Å²) in [4.78, 5) is 2.15. The van der Waals surface area contributed by atoms with Gasteiger partial charge in [0.1, 0.15) is 0 Å². The van der Waals surface area contributed by atoms with Gasteiger partial charge in [-0.05, 0) is 43.7 Å². The molecule has 0 radical (unpaired) electrons. The summed E-state index contributed by atoms with van der Waals surface area (Å²) < 4.78 is 27.0. The van der Waals surface area contributed by atoms with Crippen LogP contribution in [0.1, 0.15) is 33.8 Å². The highest BCUT2D eigenvalue weighted by molar-refractivity contribution is 7.88. The predicted molar refractivity (Wildman–Crippen MR) is 84.4 cm³/mol. The van der Waals surface area contributed by atoms with Crippen molar-refractivity contribution >= 4 is 21.4 Å². The van der Waals surface area contributed by atoms with Gasteiger partial charge < -0.3 is 0 Å². The maximum atomic E-state index is 12.2. The zero-order valence-electron chi connectivity index (χ0n) is 11.8. The molecule has 0 saturated heterocycles. The lowest BCUT2D eigenvalue weighted by molar-refractivity contribution is 0.567. The molecular formula is C15H16N2O2S2. The van der Waals surface area contributed by atoms with Crippen LogP contribution in [0.2, 0.25) is 0 Å². The van der Waals surface area contributed by atoms with Crippen LogP contribution in [0.4, 0.5) is 0 Å². The van der Waals surface area contributed by atoms with Crippen molar-refractivity contribution in [2.24, 2.45) is 0 Å². The predicted octanol–water partition coefficient (Wildman–Crippen LogP) is 3.11. The summed E-state index contributed by atoms with van der Waals surface area (Å²) in [6, 6.07) is 12.3. The number of hydrogen-bond donors (Lipinski definition) is 1. The fourth-order valence-electron chi connectivity index (χ4n) is 1.95. The second-order valence-electron chi connectivity index (χ2n) is 4.86. The van der Waals surface area contributed by atoms with Crippen molar-refractivity contribution < 1.29 is 8.42 Å². The third-order valence-electron chi connectivity index (χ3n) is 2.98. The summed E-state index contributed by atoms with van der Waals surface area (Å²) in [5, 5.41) is 8.73. The van der Waals surface area contributed by atoms with Crippen LogP contribution >= 0.6 is 11.3 Å². The lowest BCUT2D eigenvalue weighted by Gasteiger charge is -2.12. The summed E-state index contributed by atoms with van der Waals surface area (Å²) in [6.07, 6.45) is 0. The minimum atomic E-state index is -3.42. The largest absolute Gasteiger partial charge is 0.216 e. The number of sulfonamides is 1. The smallest absolute Gasteiger partial charge is 0.212 e. The van der Waals surface area contributed by atoms with Gasteiger partial charge in [-0.2, -0.15) is 5.26 Å². The SMILES string of the molecule is Cc1ccc(C(C)NS(=O)(=O)Cc2ccc(C#N)cc2)s1. The second kappa shape index (κ2) is 6.39. The highest BCUT2D eigenvalue weighted by Crippen LogP contribution is 2.23. The van der Waals surface area contributed by atoms with Crippen LogP contribution in [0.15, 0.2) is 36.4 Å². The van der Waals surface area contributed by atoms with Crippen LogP contribution in [0.5, 0.6) is 0 Å². The van der Waals surface area contributed by atoms with Gasteiger partial charge in [-0.3, -0.25) is 0 Å². The summed E-state index contributed by atoms with van der Waals surface area (Å²) in [7, 11) is -3.42. The molecule has 1 unspecified atom stereocenters. The molecule has 2 aromatic rings. The molecule has 0 saturated carbocycles. The third kappa shape index (κ3) is 4.39. The van der Waals surface area contributed by atoms with Gasteiger partial charge in [-0.25, -0.2) is 13.1 Å². The van der Waals surface area contributed by atoms with E-state index >= 15 is 0 Å². The molecule has 0 aliphatic heterocycles. The summed E-state index contributed by atoms with van der Waals surface area (Å²) in [5.74, 6) is -0.0899. The molecule has 1 aromatic carbocycles. The maximum absolute atomic E-state index is 12.2. The molecule has 1 aromatic heterocycles. The Bertz CT molecular complexity index is 756. The van der Waals surface area contributed by atoms with Crippen molar-refractivity contribution in [2.75, 3.05) is 0 Å². The van der Waals surface area contributed by atoms with E-state index in [-0.39, 0.29) is 11.8 Å². The van der Waals surface area contributed by atoms with Crippen molar-refractivity contribution in [1.82, 2.24) is 4.72 Å². The standard InChI is InChI=1S/C15H16N2O2S2/c1-11-3-8-15(20-11)12(2)17-21(18,19)10-14-6-4-13(9-16)5-7-14/h3-8,12,17H,10H2,1-2H3. The van der Waals surface area contributed by atoms with Gasteiger partial charge in [0.05, 0.1) is 23.4 Å². The number of hydrogen-bond acceptors (Lipinski definition) is 4. The van der Waals surface area contributed by atoms with Crippen molar-refractivity contribution in [1.29, 1.82) is 5.26 Å². The minimum absolute atomic E-state index is 0.0899. The average Bonchev–Trinajstić information content (AvgIpc) is 2.85. The first-order valence-electron chi connectivity index (χ1n) is 6.45. The molecule has 2 rings (SSSR count). The van der Waals surface area contributed by atoms with E-state index in [2.05, 4.69) is 4.72 Å². The van der Waals surface area contributed by atoms with Crippen LogP contribution in [0, 0.1) is 18.3 Å². The van der Waals surface area contributed by atoms with Gasteiger partial charge in [0.2, 0.25) is 10.0 Å². The van der Waals surface area contributed by atoms with E-state index in [1.54, 1.807) is 35.6 Å². The van der Waals surface area contributed by atoms with Crippen LogP contribution in [0.25, 0.3) is 0 Å². The van der Waals surface area contributed by atoms with E-state index in [4.69, 9.17) is 5.26 Å². The first-order chi connectivity index (χ1) is 9.89. The van der Waals surface area contributed by atoms with Crippen molar-refractivity contribution in [2.45, 2.75) is 25.6 Å². The zero-order chi connectivity index (χ0) is 15.5. The van der Waals surface area contributed by atoms with E-state index in [0.717, 1.165) is 9.75 Å². The topological polar surface area (TPSA) is 70.0 Å². The molecule has 21 heavy (non-hydrogen) atoms. The summed E-state index contributed by atoms with van der Waals surface area (Å²) >= 11 is 1.58. The normalized spacial score (nSPS) is 12.8. The Labute approximate surface area is 129 Å². The quantitative estimate of drug-likeness (QED) is 0.920. The minimum Gasteiger partial charge on any atom is -0.212 e. The lowest BCUT2D eigenvalue weighted by atomic mass is 10.2. The number of rotatable bonds is 5. The second-order valence-corrected chi connectivity index (χ2v) is 7.93. The highest BCUT2D eigenvalue weighted by atomic mass is 32.2. The van der Waals surface area contributed by atoms with Gasteiger partial charge in [0, 0.05) is 9.75 Å². The molecule has 1 atom stereocenters. The maximum Gasteiger partial charge on any atom is 0.216 e. The summed E-state index contributed by atoms with van der Waals surface area (Å²) in [6.45, 7) is 3.83. The summed E-state index contributed by atoms with van der Waals surface area (Å²) in [5.41, 5.74) is 1.18. The Morgan fingerprint density at radius 1 is 1.24 bits per heavy atom. The van der Waals surface area contributed by atoms with Gasteiger partial charge >= 0.3 is 0 Å². The van der Waals surface area contributed by atoms with Gasteiger partial charge in [-0.1, -0.05) is 12.1 Å². The van der Waals surface area contributed by atoms with Crippen LogP contribution in [0.3, 0.4) is 0 Å².